The minimum absolute atomic E-state index is 0.0433. The fraction of sp³-hybridized carbons (Fsp3) is 0.429. The van der Waals surface area contributed by atoms with Gasteiger partial charge in [-0.05, 0) is 31.5 Å². The second-order valence-corrected chi connectivity index (χ2v) is 4.84. The number of carbonyl (C=O) groups excluding carboxylic acids is 2. The van der Waals surface area contributed by atoms with Gasteiger partial charge >= 0.3 is 0 Å². The maximum atomic E-state index is 12.1. The van der Waals surface area contributed by atoms with Crippen molar-refractivity contribution in [3.63, 3.8) is 0 Å². The Balaban J connectivity index is 2.04. The van der Waals surface area contributed by atoms with Gasteiger partial charge < -0.3 is 21.5 Å². The molecule has 0 bridgehead atoms. The molecule has 0 aromatic heterocycles. The predicted molar refractivity (Wildman–Crippen MR) is 74.2 cm³/mol. The molecule has 0 saturated heterocycles. The van der Waals surface area contributed by atoms with Gasteiger partial charge in [0.2, 0.25) is 5.91 Å². The maximum Gasteiger partial charge on any atom is 0.251 e. The minimum Gasteiger partial charge on any atom is -0.376 e. The first kappa shape index (κ1) is 14.5. The molecule has 1 fully saturated rings. The highest BCUT2D eigenvalue weighted by Gasteiger charge is 2.40. The van der Waals surface area contributed by atoms with Gasteiger partial charge in [0.15, 0.2) is 0 Å². The Labute approximate surface area is 117 Å². The van der Waals surface area contributed by atoms with Crippen molar-refractivity contribution in [3.8, 4) is 0 Å². The van der Waals surface area contributed by atoms with Crippen LogP contribution in [0.3, 0.4) is 0 Å². The first-order valence-corrected chi connectivity index (χ1v) is 6.60. The van der Waals surface area contributed by atoms with Crippen LogP contribution in [0.2, 0.25) is 0 Å². The first-order valence-electron chi connectivity index (χ1n) is 6.60. The van der Waals surface area contributed by atoms with Crippen molar-refractivity contribution in [2.24, 2.45) is 11.5 Å². The van der Waals surface area contributed by atoms with E-state index in [-0.39, 0.29) is 24.1 Å². The van der Waals surface area contributed by atoms with Gasteiger partial charge in [-0.25, -0.2) is 0 Å². The number of benzene rings is 1. The molecule has 2 amide bonds. The van der Waals surface area contributed by atoms with Gasteiger partial charge in [0.25, 0.3) is 5.91 Å². The van der Waals surface area contributed by atoms with Gasteiger partial charge in [-0.2, -0.15) is 0 Å². The Morgan fingerprint density at radius 2 is 2.10 bits per heavy atom. The van der Waals surface area contributed by atoms with Gasteiger partial charge in [-0.1, -0.05) is 6.07 Å². The summed E-state index contributed by atoms with van der Waals surface area (Å²) in [6, 6.07) is 5.99. The van der Waals surface area contributed by atoms with Gasteiger partial charge in [0.1, 0.15) is 0 Å². The van der Waals surface area contributed by atoms with E-state index in [9.17, 15) is 9.59 Å². The average molecular weight is 277 g/mol. The standard InChI is InChI=1S/C14H19N3O3/c1-2-20-11-7-10(15)12(11)17-14(19)9-5-3-4-8(6-9)13(16)18/h3-6,10-12H,2,7,15H2,1H3,(H2,16,18)(H,17,19). The lowest BCUT2D eigenvalue weighted by molar-refractivity contribution is -0.0300. The third-order valence-electron chi connectivity index (χ3n) is 3.45. The first-order chi connectivity index (χ1) is 9.52. The van der Waals surface area contributed by atoms with Crippen LogP contribution in [0.15, 0.2) is 24.3 Å². The third kappa shape index (κ3) is 2.97. The predicted octanol–water partition coefficient (Wildman–Crippen LogP) is 0.0200. The molecule has 6 heteroatoms. The topological polar surface area (TPSA) is 107 Å². The van der Waals surface area contributed by atoms with Gasteiger partial charge in [0.05, 0.1) is 12.1 Å². The van der Waals surface area contributed by atoms with Crippen LogP contribution in [0.25, 0.3) is 0 Å². The van der Waals surface area contributed by atoms with E-state index in [1.165, 1.54) is 6.07 Å². The zero-order valence-electron chi connectivity index (χ0n) is 11.3. The summed E-state index contributed by atoms with van der Waals surface area (Å²) in [4.78, 5) is 23.2. The highest BCUT2D eigenvalue weighted by Crippen LogP contribution is 2.23. The Morgan fingerprint density at radius 3 is 2.70 bits per heavy atom. The van der Waals surface area contributed by atoms with E-state index >= 15 is 0 Å². The SMILES string of the molecule is CCOC1CC(N)C1NC(=O)c1cccc(C(N)=O)c1. The molecule has 1 aliphatic rings. The van der Waals surface area contributed by atoms with E-state index in [2.05, 4.69) is 5.32 Å². The summed E-state index contributed by atoms with van der Waals surface area (Å²) in [7, 11) is 0. The van der Waals surface area contributed by atoms with Crippen molar-refractivity contribution in [1.82, 2.24) is 5.32 Å². The number of carbonyl (C=O) groups is 2. The number of nitrogens with two attached hydrogens (primary N) is 2. The van der Waals surface area contributed by atoms with Crippen LogP contribution >= 0.6 is 0 Å². The number of nitrogens with one attached hydrogen (secondary N) is 1. The molecule has 5 N–H and O–H groups in total. The van der Waals surface area contributed by atoms with E-state index in [1.807, 2.05) is 6.92 Å². The molecule has 0 aliphatic heterocycles. The van der Waals surface area contributed by atoms with Crippen molar-refractivity contribution in [1.29, 1.82) is 0 Å². The van der Waals surface area contributed by atoms with Crippen LogP contribution in [-0.4, -0.2) is 36.6 Å². The van der Waals surface area contributed by atoms with Crippen molar-refractivity contribution in [2.45, 2.75) is 31.5 Å². The molecule has 6 nitrogen and oxygen atoms in total. The summed E-state index contributed by atoms with van der Waals surface area (Å²) < 4.78 is 5.49. The lowest BCUT2D eigenvalue weighted by atomic mass is 9.83. The highest BCUT2D eigenvalue weighted by atomic mass is 16.5. The second kappa shape index (κ2) is 6.02. The number of hydrogen-bond acceptors (Lipinski definition) is 4. The van der Waals surface area contributed by atoms with Crippen LogP contribution in [0.4, 0.5) is 0 Å². The van der Waals surface area contributed by atoms with Crippen molar-refractivity contribution >= 4 is 11.8 Å². The molecule has 1 aromatic carbocycles. The van der Waals surface area contributed by atoms with Crippen LogP contribution in [0.1, 0.15) is 34.1 Å². The zero-order valence-corrected chi connectivity index (χ0v) is 11.3. The molecule has 0 radical (unpaired) electrons. The van der Waals surface area contributed by atoms with E-state index < -0.39 is 5.91 Å². The normalized spacial score (nSPS) is 24.8. The lowest BCUT2D eigenvalue weighted by Crippen LogP contribution is -2.64. The number of rotatable bonds is 5. The van der Waals surface area contributed by atoms with Crippen LogP contribution in [0, 0.1) is 0 Å². The molecule has 20 heavy (non-hydrogen) atoms. The summed E-state index contributed by atoms with van der Waals surface area (Å²) in [5, 5.41) is 2.84. The number of primary amides is 1. The summed E-state index contributed by atoms with van der Waals surface area (Å²) in [6.07, 6.45) is 0.693. The van der Waals surface area contributed by atoms with E-state index in [4.69, 9.17) is 16.2 Å². The molecule has 1 saturated carbocycles. The molecule has 108 valence electrons. The van der Waals surface area contributed by atoms with Crippen LogP contribution in [-0.2, 0) is 4.74 Å². The molecule has 0 spiro atoms. The summed E-state index contributed by atoms with van der Waals surface area (Å²) in [5.74, 6) is -0.842. The molecule has 1 aliphatic carbocycles. The zero-order chi connectivity index (χ0) is 14.7. The highest BCUT2D eigenvalue weighted by molar-refractivity contribution is 5.99. The third-order valence-corrected chi connectivity index (χ3v) is 3.45. The van der Waals surface area contributed by atoms with Crippen molar-refractivity contribution in [3.05, 3.63) is 35.4 Å². The quantitative estimate of drug-likeness (QED) is 0.705. The number of hydrogen-bond donors (Lipinski definition) is 3. The Hall–Kier alpha value is -1.92. The fourth-order valence-electron chi connectivity index (χ4n) is 2.28. The van der Waals surface area contributed by atoms with Crippen LogP contribution < -0.4 is 16.8 Å². The Morgan fingerprint density at radius 1 is 1.40 bits per heavy atom. The minimum atomic E-state index is -0.563. The summed E-state index contributed by atoms with van der Waals surface area (Å²) in [6.45, 7) is 2.49. The van der Waals surface area contributed by atoms with E-state index in [1.54, 1.807) is 18.2 Å². The molecule has 2 rings (SSSR count). The maximum absolute atomic E-state index is 12.1. The monoisotopic (exact) mass is 277 g/mol. The largest absolute Gasteiger partial charge is 0.376 e. The van der Waals surface area contributed by atoms with Gasteiger partial charge in [-0.3, -0.25) is 9.59 Å². The summed E-state index contributed by atoms with van der Waals surface area (Å²) >= 11 is 0. The van der Waals surface area contributed by atoms with Gasteiger partial charge in [0, 0.05) is 23.8 Å². The van der Waals surface area contributed by atoms with E-state index in [0.29, 0.717) is 17.7 Å². The van der Waals surface area contributed by atoms with Crippen LogP contribution in [0.5, 0.6) is 0 Å². The smallest absolute Gasteiger partial charge is 0.251 e. The number of ether oxygens (including phenoxy) is 1. The number of amides is 2. The van der Waals surface area contributed by atoms with Gasteiger partial charge in [-0.15, -0.1) is 0 Å². The average Bonchev–Trinajstić information content (AvgIpc) is 2.44. The second-order valence-electron chi connectivity index (χ2n) is 4.84. The molecular weight excluding hydrogens is 258 g/mol. The molecule has 1 aromatic rings. The summed E-state index contributed by atoms with van der Waals surface area (Å²) in [5.41, 5.74) is 11.8. The lowest BCUT2D eigenvalue weighted by Gasteiger charge is -2.42. The Kier molecular flexibility index (Phi) is 4.36. The van der Waals surface area contributed by atoms with Crippen molar-refractivity contribution in [2.75, 3.05) is 6.61 Å². The fourth-order valence-corrected chi connectivity index (χ4v) is 2.28. The van der Waals surface area contributed by atoms with Crippen molar-refractivity contribution < 1.29 is 14.3 Å². The molecule has 0 heterocycles. The molecule has 3 atom stereocenters. The molecule has 3 unspecified atom stereocenters. The van der Waals surface area contributed by atoms with E-state index in [0.717, 1.165) is 6.42 Å². The molecular formula is C14H19N3O3. The Bertz CT molecular complexity index is 516.